The van der Waals surface area contributed by atoms with Crippen molar-refractivity contribution in [1.29, 1.82) is 0 Å². The number of rotatable bonds is 14. The maximum atomic E-state index is 14.9. The molecular formula is C36H44N6O6. The molecule has 48 heavy (non-hydrogen) atoms. The Morgan fingerprint density at radius 3 is 2.50 bits per heavy atom. The first-order valence-corrected chi connectivity index (χ1v) is 16.6. The topological polar surface area (TPSA) is 130 Å². The molecule has 12 nitrogen and oxygen atoms in total. The highest BCUT2D eigenvalue weighted by molar-refractivity contribution is 6.03. The molecule has 6 rings (SSSR count). The Bertz CT molecular complexity index is 1700. The number of fused-ring (bicyclic) bond motifs is 2. The lowest BCUT2D eigenvalue weighted by Crippen LogP contribution is -2.59. The Morgan fingerprint density at radius 1 is 1.10 bits per heavy atom. The van der Waals surface area contributed by atoms with E-state index in [0.29, 0.717) is 42.8 Å². The second-order valence-electron chi connectivity index (χ2n) is 13.0. The molecule has 3 fully saturated rings. The van der Waals surface area contributed by atoms with Crippen LogP contribution in [0.4, 0.5) is 5.69 Å². The van der Waals surface area contributed by atoms with Gasteiger partial charge in [-0.05, 0) is 69.5 Å². The van der Waals surface area contributed by atoms with Gasteiger partial charge in [0.1, 0.15) is 29.6 Å². The van der Waals surface area contributed by atoms with Crippen LogP contribution < -0.4 is 9.64 Å². The highest BCUT2D eigenvalue weighted by Crippen LogP contribution is 2.64. The van der Waals surface area contributed by atoms with E-state index in [9.17, 15) is 19.5 Å². The molecular weight excluding hydrogens is 612 g/mol. The zero-order valence-electron chi connectivity index (χ0n) is 27.8. The van der Waals surface area contributed by atoms with Gasteiger partial charge in [0.25, 0.3) is 0 Å². The van der Waals surface area contributed by atoms with Gasteiger partial charge in [0, 0.05) is 18.8 Å². The molecule has 2 aromatic carbocycles. The minimum absolute atomic E-state index is 0.0606. The SMILES string of the molecule is C=CCN(Cn1nnc2ccccc21)C(=O)C1N([C@@H](CC)CO)C(=O)[C@@H]2[C@H](C(=O)N(CC=C)c3ccc(OCC)cc3)[C@]3(C)CCC12O3. The zero-order chi connectivity index (χ0) is 34.2. The van der Waals surface area contributed by atoms with Crippen LogP contribution in [0.5, 0.6) is 5.75 Å². The van der Waals surface area contributed by atoms with Crippen molar-refractivity contribution in [3.63, 3.8) is 0 Å². The minimum Gasteiger partial charge on any atom is -0.494 e. The van der Waals surface area contributed by atoms with Gasteiger partial charge in [-0.2, -0.15) is 0 Å². The number of amides is 3. The smallest absolute Gasteiger partial charge is 0.250 e. The molecule has 254 valence electrons. The average molecular weight is 657 g/mol. The van der Waals surface area contributed by atoms with Crippen molar-refractivity contribution in [3.8, 4) is 5.75 Å². The highest BCUT2D eigenvalue weighted by atomic mass is 16.5. The number of aliphatic hydroxyl groups is 1. The van der Waals surface area contributed by atoms with Gasteiger partial charge >= 0.3 is 0 Å². The molecule has 1 N–H and O–H groups in total. The lowest BCUT2D eigenvalue weighted by Gasteiger charge is -2.39. The van der Waals surface area contributed by atoms with Crippen LogP contribution in [-0.2, 0) is 25.8 Å². The Hall–Kier alpha value is -4.55. The molecule has 3 aliphatic rings. The number of hydrogen-bond acceptors (Lipinski definition) is 8. The van der Waals surface area contributed by atoms with E-state index in [4.69, 9.17) is 9.47 Å². The summed E-state index contributed by atoms with van der Waals surface area (Å²) in [5, 5.41) is 19.0. The molecule has 3 aromatic rings. The second kappa shape index (κ2) is 13.2. The van der Waals surface area contributed by atoms with E-state index in [-0.39, 0.29) is 44.1 Å². The van der Waals surface area contributed by atoms with Crippen LogP contribution in [0, 0.1) is 11.8 Å². The first kappa shape index (κ1) is 33.4. The maximum absolute atomic E-state index is 14.9. The van der Waals surface area contributed by atoms with E-state index in [1.807, 2.05) is 57.2 Å². The van der Waals surface area contributed by atoms with Gasteiger partial charge in [0.2, 0.25) is 17.7 Å². The van der Waals surface area contributed by atoms with Gasteiger partial charge in [-0.1, -0.05) is 36.4 Å². The van der Waals surface area contributed by atoms with Crippen LogP contribution in [0.2, 0.25) is 0 Å². The number of aromatic nitrogens is 3. The van der Waals surface area contributed by atoms with Gasteiger partial charge in [-0.15, -0.1) is 18.3 Å². The summed E-state index contributed by atoms with van der Waals surface area (Å²) in [6, 6.07) is 13.0. The number of para-hydroxylation sites is 1. The van der Waals surface area contributed by atoms with E-state index in [1.165, 1.54) is 4.90 Å². The quantitative estimate of drug-likeness (QED) is 0.261. The van der Waals surface area contributed by atoms with Crippen molar-refractivity contribution < 1.29 is 29.0 Å². The Kier molecular flexibility index (Phi) is 9.14. The molecule has 2 bridgehead atoms. The summed E-state index contributed by atoms with van der Waals surface area (Å²) in [7, 11) is 0. The van der Waals surface area contributed by atoms with E-state index in [2.05, 4.69) is 23.5 Å². The molecule has 2 unspecified atom stereocenters. The number of aliphatic hydroxyl groups excluding tert-OH is 1. The van der Waals surface area contributed by atoms with Crippen LogP contribution >= 0.6 is 0 Å². The summed E-state index contributed by atoms with van der Waals surface area (Å²) >= 11 is 0. The van der Waals surface area contributed by atoms with E-state index >= 15 is 0 Å². The number of carbonyl (C=O) groups is 3. The molecule has 0 radical (unpaired) electrons. The second-order valence-corrected chi connectivity index (χ2v) is 13.0. The predicted molar refractivity (Wildman–Crippen MR) is 180 cm³/mol. The molecule has 12 heteroatoms. The van der Waals surface area contributed by atoms with Crippen molar-refractivity contribution in [2.24, 2.45) is 11.8 Å². The first-order chi connectivity index (χ1) is 23.2. The van der Waals surface area contributed by atoms with Crippen LogP contribution in [0.15, 0.2) is 73.8 Å². The van der Waals surface area contributed by atoms with Gasteiger partial charge in [0.05, 0.1) is 42.2 Å². The first-order valence-electron chi connectivity index (χ1n) is 16.6. The van der Waals surface area contributed by atoms with Crippen LogP contribution in [0.3, 0.4) is 0 Å². The number of carbonyl (C=O) groups excluding carboxylic acids is 3. The highest BCUT2D eigenvalue weighted by Gasteiger charge is 2.78. The van der Waals surface area contributed by atoms with Crippen LogP contribution in [0.1, 0.15) is 40.0 Å². The monoisotopic (exact) mass is 656 g/mol. The number of ether oxygens (including phenoxy) is 2. The lowest BCUT2D eigenvalue weighted by atomic mass is 9.66. The molecule has 0 saturated carbocycles. The van der Waals surface area contributed by atoms with Gasteiger partial charge in [-0.3, -0.25) is 14.4 Å². The van der Waals surface area contributed by atoms with Crippen molar-refractivity contribution in [3.05, 3.63) is 73.8 Å². The van der Waals surface area contributed by atoms with Gasteiger partial charge in [-0.25, -0.2) is 4.68 Å². The standard InChI is InChI=1S/C36H44N6O6/c1-6-20-39(23-41-28-13-11-10-12-27(28)37-38-41)34(46)31-36-19-18-35(5,48-36)29(30(36)33(45)42(31)24(8-3)22-43)32(44)40(21-7-2)25-14-16-26(17-15-25)47-9-4/h6-7,10-17,24,29-31,43H,1-2,8-9,18-23H2,3-5H3/t24-,29+,30-,31?,35-,36?/m0/s1. The third kappa shape index (κ3) is 5.27. The van der Waals surface area contributed by atoms with Crippen LogP contribution in [-0.4, -0.2) is 97.2 Å². The fraction of sp³-hybridized carbons (Fsp3) is 0.472. The number of nitrogens with zero attached hydrogens (tertiary/aromatic N) is 6. The summed E-state index contributed by atoms with van der Waals surface area (Å²) in [4.78, 5) is 49.0. The Balaban J connectivity index is 1.40. The van der Waals surface area contributed by atoms with Crippen molar-refractivity contribution in [2.75, 3.05) is 31.2 Å². The largest absolute Gasteiger partial charge is 0.494 e. The summed E-state index contributed by atoms with van der Waals surface area (Å²) in [6.45, 7) is 14.0. The zero-order valence-corrected chi connectivity index (χ0v) is 27.8. The maximum Gasteiger partial charge on any atom is 0.250 e. The number of likely N-dealkylation sites (tertiary alicyclic amines) is 1. The molecule has 1 spiro atoms. The molecule has 1 aromatic heterocycles. The fourth-order valence-corrected chi connectivity index (χ4v) is 8.06. The van der Waals surface area contributed by atoms with E-state index in [1.54, 1.807) is 38.8 Å². The molecule has 3 aliphatic heterocycles. The molecule has 0 aliphatic carbocycles. The Labute approximate surface area is 280 Å². The summed E-state index contributed by atoms with van der Waals surface area (Å²) < 4.78 is 14.1. The van der Waals surface area contributed by atoms with Gasteiger partial charge < -0.3 is 29.3 Å². The summed E-state index contributed by atoms with van der Waals surface area (Å²) in [5.41, 5.74) is -0.176. The van der Waals surface area contributed by atoms with Gasteiger partial charge in [0.15, 0.2) is 0 Å². The fourth-order valence-electron chi connectivity index (χ4n) is 8.06. The normalized spacial score (nSPS) is 26.4. The molecule has 3 saturated heterocycles. The van der Waals surface area contributed by atoms with E-state index < -0.39 is 35.1 Å². The molecule has 3 amide bonds. The third-order valence-electron chi connectivity index (χ3n) is 10.2. The third-order valence-corrected chi connectivity index (χ3v) is 10.2. The predicted octanol–water partition coefficient (Wildman–Crippen LogP) is 3.56. The van der Waals surface area contributed by atoms with Crippen molar-refractivity contribution >= 4 is 34.4 Å². The van der Waals surface area contributed by atoms with E-state index in [0.717, 1.165) is 5.52 Å². The number of hydrogen-bond donors (Lipinski definition) is 1. The van der Waals surface area contributed by atoms with Crippen molar-refractivity contribution in [1.82, 2.24) is 24.8 Å². The minimum atomic E-state index is -1.27. The Morgan fingerprint density at radius 2 is 1.83 bits per heavy atom. The van der Waals surface area contributed by atoms with Crippen molar-refractivity contribution in [2.45, 2.75) is 70.0 Å². The lowest BCUT2D eigenvalue weighted by molar-refractivity contribution is -0.155. The van der Waals surface area contributed by atoms with Crippen LogP contribution in [0.25, 0.3) is 11.0 Å². The molecule has 4 heterocycles. The number of anilines is 1. The molecule has 6 atom stereocenters. The summed E-state index contributed by atoms with van der Waals surface area (Å²) in [5.74, 6) is -2.10. The number of benzene rings is 2. The average Bonchev–Trinajstić information content (AvgIpc) is 3.80. The summed E-state index contributed by atoms with van der Waals surface area (Å²) in [6.07, 6.45) is 4.59.